The summed E-state index contributed by atoms with van der Waals surface area (Å²) in [6.07, 6.45) is 3.38. The van der Waals surface area contributed by atoms with Crippen molar-refractivity contribution in [1.29, 1.82) is 0 Å². The number of hydrogen-bond donors (Lipinski definition) is 1. The van der Waals surface area contributed by atoms with Crippen molar-refractivity contribution >= 4 is 35.0 Å². The van der Waals surface area contributed by atoms with Gasteiger partial charge >= 0.3 is 0 Å². The highest BCUT2D eigenvalue weighted by Crippen LogP contribution is 2.24. The molecule has 1 atom stereocenters. The predicted octanol–water partition coefficient (Wildman–Crippen LogP) is 6.77. The van der Waals surface area contributed by atoms with Gasteiger partial charge in [0.2, 0.25) is 11.8 Å². The zero-order chi connectivity index (χ0) is 24.4. The number of carbonyl (C=O) groups excluding carboxylic acids is 2. The molecule has 2 aromatic carbocycles. The van der Waals surface area contributed by atoms with Crippen molar-refractivity contribution in [3.63, 3.8) is 0 Å². The van der Waals surface area contributed by atoms with Gasteiger partial charge in [0.05, 0.1) is 0 Å². The van der Waals surface area contributed by atoms with Crippen LogP contribution in [-0.4, -0.2) is 29.3 Å². The van der Waals surface area contributed by atoms with Crippen molar-refractivity contribution in [3.8, 4) is 0 Å². The molecular weight excluding hydrogens is 455 g/mol. The second kappa shape index (κ2) is 13.6. The summed E-state index contributed by atoms with van der Waals surface area (Å²) in [6, 6.07) is 13.1. The van der Waals surface area contributed by atoms with Crippen molar-refractivity contribution in [2.75, 3.05) is 6.54 Å². The van der Waals surface area contributed by atoms with E-state index in [9.17, 15) is 9.59 Å². The number of hydrogen-bond acceptors (Lipinski definition) is 2. The molecule has 0 radical (unpaired) electrons. The number of rotatable bonds is 12. The highest BCUT2D eigenvalue weighted by atomic mass is 35.5. The van der Waals surface area contributed by atoms with E-state index in [1.165, 1.54) is 5.56 Å². The molecule has 180 valence electrons. The number of unbranched alkanes of at least 4 members (excludes halogenated alkanes) is 1. The third-order valence-corrected chi connectivity index (χ3v) is 6.43. The van der Waals surface area contributed by atoms with Crippen LogP contribution in [0.1, 0.15) is 76.0 Å². The Labute approximate surface area is 208 Å². The van der Waals surface area contributed by atoms with E-state index in [4.69, 9.17) is 23.2 Å². The smallest absolute Gasteiger partial charge is 0.242 e. The van der Waals surface area contributed by atoms with E-state index in [-0.39, 0.29) is 18.4 Å². The molecule has 33 heavy (non-hydrogen) atoms. The number of carbonyl (C=O) groups is 2. The molecule has 4 nitrogen and oxygen atoms in total. The maximum atomic E-state index is 13.4. The second-order valence-electron chi connectivity index (χ2n) is 8.72. The fourth-order valence-corrected chi connectivity index (χ4v) is 4.19. The summed E-state index contributed by atoms with van der Waals surface area (Å²) < 4.78 is 0. The zero-order valence-corrected chi connectivity index (χ0v) is 21.7. The van der Waals surface area contributed by atoms with E-state index in [0.29, 0.717) is 41.8 Å². The maximum Gasteiger partial charge on any atom is 0.242 e. The monoisotopic (exact) mass is 490 g/mol. The molecule has 0 aliphatic rings. The summed E-state index contributed by atoms with van der Waals surface area (Å²) >= 11 is 12.4. The van der Waals surface area contributed by atoms with Gasteiger partial charge in [-0.15, -0.1) is 0 Å². The van der Waals surface area contributed by atoms with Gasteiger partial charge in [-0.25, -0.2) is 0 Å². The minimum atomic E-state index is -0.551. The molecule has 0 unspecified atom stereocenters. The van der Waals surface area contributed by atoms with Crippen molar-refractivity contribution in [1.82, 2.24) is 10.2 Å². The number of halogens is 2. The molecule has 0 saturated carbocycles. The van der Waals surface area contributed by atoms with Crippen LogP contribution in [0.25, 0.3) is 0 Å². The molecule has 0 spiro atoms. The lowest BCUT2D eigenvalue weighted by molar-refractivity contribution is -0.141. The van der Waals surface area contributed by atoms with E-state index in [0.717, 1.165) is 24.0 Å². The molecule has 0 aliphatic carbocycles. The largest absolute Gasteiger partial charge is 0.354 e. The SMILES string of the molecule is CCCCNC(=O)[C@H](CC)N(Cc1ccc(Cl)cc1Cl)C(=O)CCc1ccc(C(C)C)cc1. The first-order chi connectivity index (χ1) is 15.8. The van der Waals surface area contributed by atoms with Crippen LogP contribution < -0.4 is 5.32 Å². The van der Waals surface area contributed by atoms with Gasteiger partial charge in [-0.1, -0.05) is 87.6 Å². The highest BCUT2D eigenvalue weighted by molar-refractivity contribution is 6.35. The standard InChI is InChI=1S/C27H36Cl2N2O2/c1-5-7-16-30-27(33)25(6-2)31(18-22-13-14-23(28)17-24(22)29)26(32)15-10-20-8-11-21(12-9-20)19(3)4/h8-9,11-14,17,19,25H,5-7,10,15-16,18H2,1-4H3,(H,30,33)/t25-/m0/s1. The topological polar surface area (TPSA) is 49.4 Å². The van der Waals surface area contributed by atoms with Crippen molar-refractivity contribution < 1.29 is 9.59 Å². The summed E-state index contributed by atoms with van der Waals surface area (Å²) in [5.74, 6) is 0.286. The molecule has 2 amide bonds. The van der Waals surface area contributed by atoms with Crippen molar-refractivity contribution in [2.24, 2.45) is 0 Å². The molecule has 0 saturated heterocycles. The molecule has 6 heteroatoms. The van der Waals surface area contributed by atoms with Crippen molar-refractivity contribution in [3.05, 3.63) is 69.2 Å². The first kappa shape index (κ1) is 27.2. The van der Waals surface area contributed by atoms with Crippen molar-refractivity contribution in [2.45, 2.75) is 78.3 Å². The number of benzene rings is 2. The van der Waals surface area contributed by atoms with Gasteiger partial charge < -0.3 is 10.2 Å². The summed E-state index contributed by atoms with van der Waals surface area (Å²) in [7, 11) is 0. The molecule has 0 fully saturated rings. The van der Waals surface area contributed by atoms with Crippen LogP contribution in [0.2, 0.25) is 10.0 Å². The first-order valence-corrected chi connectivity index (χ1v) is 12.6. The average Bonchev–Trinajstić information content (AvgIpc) is 2.79. The van der Waals surface area contributed by atoms with Gasteiger partial charge in [0, 0.05) is 29.6 Å². The van der Waals surface area contributed by atoms with E-state index in [1.54, 1.807) is 17.0 Å². The Hall–Kier alpha value is -2.04. The first-order valence-electron chi connectivity index (χ1n) is 11.9. The Kier molecular flexibility index (Phi) is 11.2. The minimum Gasteiger partial charge on any atom is -0.354 e. The van der Waals surface area contributed by atoms with Crippen LogP contribution in [-0.2, 0) is 22.6 Å². The van der Waals surface area contributed by atoms with Crippen LogP contribution in [0.5, 0.6) is 0 Å². The molecular formula is C27H36Cl2N2O2. The molecule has 2 rings (SSSR count). The number of aryl methyl sites for hydroxylation is 1. The summed E-state index contributed by atoms with van der Waals surface area (Å²) in [5, 5.41) is 4.01. The van der Waals surface area contributed by atoms with E-state index < -0.39 is 6.04 Å². The zero-order valence-electron chi connectivity index (χ0n) is 20.2. The average molecular weight is 492 g/mol. The molecule has 0 heterocycles. The third kappa shape index (κ3) is 8.35. The molecule has 0 bridgehead atoms. The van der Waals surface area contributed by atoms with Crippen LogP contribution >= 0.6 is 23.2 Å². The van der Waals surface area contributed by atoms with E-state index in [1.807, 2.05) is 13.0 Å². The Morgan fingerprint density at radius 3 is 2.30 bits per heavy atom. The fourth-order valence-electron chi connectivity index (χ4n) is 3.72. The van der Waals surface area contributed by atoms with Crippen LogP contribution in [0.3, 0.4) is 0 Å². The highest BCUT2D eigenvalue weighted by Gasteiger charge is 2.28. The number of nitrogens with one attached hydrogen (secondary N) is 1. The van der Waals surface area contributed by atoms with Crippen LogP contribution in [0, 0.1) is 0 Å². The number of amides is 2. The van der Waals surface area contributed by atoms with Gasteiger partial charge in [-0.3, -0.25) is 9.59 Å². The van der Waals surface area contributed by atoms with Gasteiger partial charge in [-0.05, 0) is 54.0 Å². The fraction of sp³-hybridized carbons (Fsp3) is 0.481. The van der Waals surface area contributed by atoms with Gasteiger partial charge in [0.15, 0.2) is 0 Å². The Bertz CT molecular complexity index is 913. The Balaban J connectivity index is 2.20. The summed E-state index contributed by atoms with van der Waals surface area (Å²) in [4.78, 5) is 28.0. The summed E-state index contributed by atoms with van der Waals surface area (Å²) in [6.45, 7) is 9.20. The second-order valence-corrected chi connectivity index (χ2v) is 9.57. The van der Waals surface area contributed by atoms with E-state index >= 15 is 0 Å². The molecule has 1 N–H and O–H groups in total. The lowest BCUT2D eigenvalue weighted by Gasteiger charge is -2.31. The normalized spacial score (nSPS) is 12.0. The van der Waals surface area contributed by atoms with E-state index in [2.05, 4.69) is 50.4 Å². The Morgan fingerprint density at radius 2 is 1.73 bits per heavy atom. The lowest BCUT2D eigenvalue weighted by atomic mass is 10.00. The van der Waals surface area contributed by atoms with Crippen LogP contribution in [0.4, 0.5) is 0 Å². The minimum absolute atomic E-state index is 0.0635. The van der Waals surface area contributed by atoms with Gasteiger partial charge in [-0.2, -0.15) is 0 Å². The quantitative estimate of drug-likeness (QED) is 0.333. The van der Waals surface area contributed by atoms with Gasteiger partial charge in [0.1, 0.15) is 6.04 Å². The molecule has 2 aromatic rings. The molecule has 0 aromatic heterocycles. The molecule has 0 aliphatic heterocycles. The predicted molar refractivity (Wildman–Crippen MR) is 138 cm³/mol. The Morgan fingerprint density at radius 1 is 1.03 bits per heavy atom. The lowest BCUT2D eigenvalue weighted by Crippen LogP contribution is -2.49. The summed E-state index contributed by atoms with van der Waals surface area (Å²) in [5.41, 5.74) is 3.16. The third-order valence-electron chi connectivity index (χ3n) is 5.85. The number of nitrogens with zero attached hydrogens (tertiary/aromatic N) is 1. The maximum absolute atomic E-state index is 13.4. The van der Waals surface area contributed by atoms with Gasteiger partial charge in [0.25, 0.3) is 0 Å². The van der Waals surface area contributed by atoms with Crippen LogP contribution in [0.15, 0.2) is 42.5 Å².